The van der Waals surface area contributed by atoms with Gasteiger partial charge in [-0.2, -0.15) is 0 Å². The molecule has 0 atom stereocenters. The Labute approximate surface area is 194 Å². The number of carbonyl (C=O) groups is 1. The fourth-order valence-corrected chi connectivity index (χ4v) is 3.67. The molecule has 0 radical (unpaired) electrons. The van der Waals surface area contributed by atoms with Gasteiger partial charge >= 0.3 is 6.03 Å². The van der Waals surface area contributed by atoms with Crippen molar-refractivity contribution in [1.82, 2.24) is 15.3 Å². The molecule has 0 aliphatic rings. The predicted molar refractivity (Wildman–Crippen MR) is 129 cm³/mol. The molecule has 7 heteroatoms. The van der Waals surface area contributed by atoms with E-state index >= 15 is 0 Å². The zero-order valence-corrected chi connectivity index (χ0v) is 18.0. The molecule has 168 valence electrons. The highest BCUT2D eigenvalue weighted by atomic mass is 19.1. The van der Waals surface area contributed by atoms with Crippen molar-refractivity contribution in [3.8, 4) is 22.5 Å². The number of carbonyl (C=O) groups excluding carboxylic acids is 1. The number of H-pyrrole nitrogens is 1. The second-order valence-electron chi connectivity index (χ2n) is 7.84. The maximum Gasteiger partial charge on any atom is 0.319 e. The standard InChI is InChI=1S/C27H20F2N4O/c28-21-8-4-17(5-9-21)16-30-27(34)31-23-11-6-18(7-12-23)19-2-1-3-20(14-19)26-32-24-13-10-22(29)15-25(24)33-26/h1-15H,16H2,(H,32,33)(H2,30,31,34). The second kappa shape index (κ2) is 9.15. The highest BCUT2D eigenvalue weighted by Gasteiger charge is 2.08. The van der Waals surface area contributed by atoms with Crippen molar-refractivity contribution in [3.63, 3.8) is 0 Å². The SMILES string of the molecule is O=C(NCc1ccc(F)cc1)Nc1ccc(-c2cccc(-c3nc4ccc(F)cc4[nH]3)c2)cc1. The van der Waals surface area contributed by atoms with Crippen LogP contribution in [0.1, 0.15) is 5.56 Å². The smallest absolute Gasteiger partial charge is 0.319 e. The third-order valence-corrected chi connectivity index (χ3v) is 5.42. The maximum atomic E-state index is 13.5. The summed E-state index contributed by atoms with van der Waals surface area (Å²) in [5.74, 6) is 0.0413. The quantitative estimate of drug-likeness (QED) is 0.284. The van der Waals surface area contributed by atoms with Crippen molar-refractivity contribution in [2.24, 2.45) is 0 Å². The number of nitrogens with one attached hydrogen (secondary N) is 3. The molecule has 2 amide bonds. The summed E-state index contributed by atoms with van der Waals surface area (Å²) in [6, 6.07) is 25.5. The van der Waals surface area contributed by atoms with Crippen LogP contribution in [0.5, 0.6) is 0 Å². The number of anilines is 1. The third kappa shape index (κ3) is 4.78. The first-order chi connectivity index (χ1) is 16.5. The number of fused-ring (bicyclic) bond motifs is 1. The molecule has 0 bridgehead atoms. The summed E-state index contributed by atoms with van der Waals surface area (Å²) >= 11 is 0. The summed E-state index contributed by atoms with van der Waals surface area (Å²) < 4.78 is 26.5. The number of imidazole rings is 1. The van der Waals surface area contributed by atoms with Crippen LogP contribution in [0, 0.1) is 11.6 Å². The van der Waals surface area contributed by atoms with Crippen molar-refractivity contribution in [2.75, 3.05) is 5.32 Å². The van der Waals surface area contributed by atoms with Crippen LogP contribution in [0.25, 0.3) is 33.5 Å². The van der Waals surface area contributed by atoms with Gasteiger partial charge in [-0.05, 0) is 65.2 Å². The molecule has 1 heterocycles. The molecule has 0 aliphatic carbocycles. The van der Waals surface area contributed by atoms with Crippen molar-refractivity contribution in [3.05, 3.63) is 108 Å². The van der Waals surface area contributed by atoms with Crippen molar-refractivity contribution < 1.29 is 13.6 Å². The maximum absolute atomic E-state index is 13.5. The van der Waals surface area contributed by atoms with E-state index in [9.17, 15) is 13.6 Å². The average molecular weight is 454 g/mol. The Morgan fingerprint density at radius 2 is 1.53 bits per heavy atom. The first kappa shape index (κ1) is 21.3. The van der Waals surface area contributed by atoms with E-state index in [4.69, 9.17) is 0 Å². The Morgan fingerprint density at radius 3 is 2.32 bits per heavy atom. The summed E-state index contributed by atoms with van der Waals surface area (Å²) in [5.41, 5.74) is 5.65. The molecule has 34 heavy (non-hydrogen) atoms. The number of hydrogen-bond donors (Lipinski definition) is 3. The minimum absolute atomic E-state index is 0.297. The first-order valence-corrected chi connectivity index (χ1v) is 10.7. The van der Waals surface area contributed by atoms with Crippen molar-refractivity contribution in [2.45, 2.75) is 6.54 Å². The van der Waals surface area contributed by atoms with Gasteiger partial charge in [0.2, 0.25) is 0 Å². The Balaban J connectivity index is 1.26. The fraction of sp³-hybridized carbons (Fsp3) is 0.0370. The van der Waals surface area contributed by atoms with Crippen LogP contribution in [-0.2, 0) is 6.54 Å². The number of aromatic nitrogens is 2. The van der Waals surface area contributed by atoms with E-state index in [1.165, 1.54) is 24.3 Å². The molecule has 0 aliphatic heterocycles. The van der Waals surface area contributed by atoms with E-state index in [-0.39, 0.29) is 17.7 Å². The molecule has 4 aromatic carbocycles. The molecule has 0 spiro atoms. The van der Waals surface area contributed by atoms with Gasteiger partial charge in [-0.1, -0.05) is 42.5 Å². The molecule has 5 rings (SSSR count). The van der Waals surface area contributed by atoms with E-state index in [0.717, 1.165) is 22.3 Å². The summed E-state index contributed by atoms with van der Waals surface area (Å²) in [5, 5.41) is 5.54. The molecule has 1 aromatic heterocycles. The Bertz CT molecular complexity index is 1460. The van der Waals surface area contributed by atoms with E-state index in [1.54, 1.807) is 18.2 Å². The summed E-state index contributed by atoms with van der Waals surface area (Å²) in [6.07, 6.45) is 0. The van der Waals surface area contributed by atoms with E-state index < -0.39 is 0 Å². The highest BCUT2D eigenvalue weighted by molar-refractivity contribution is 5.89. The zero-order valence-electron chi connectivity index (χ0n) is 18.0. The third-order valence-electron chi connectivity index (χ3n) is 5.42. The van der Waals surface area contributed by atoms with Crippen LogP contribution in [0.4, 0.5) is 19.3 Å². The van der Waals surface area contributed by atoms with Gasteiger partial charge in [0.25, 0.3) is 0 Å². The number of aromatic amines is 1. The van der Waals surface area contributed by atoms with Crippen LogP contribution in [0.15, 0.2) is 91.0 Å². The van der Waals surface area contributed by atoms with Gasteiger partial charge in [0.1, 0.15) is 17.5 Å². The number of rotatable bonds is 5. The molecular formula is C27H20F2N4O. The molecule has 5 nitrogen and oxygen atoms in total. The van der Waals surface area contributed by atoms with Crippen LogP contribution < -0.4 is 10.6 Å². The van der Waals surface area contributed by atoms with Crippen LogP contribution in [0.3, 0.4) is 0 Å². The molecule has 5 aromatic rings. The minimum atomic E-state index is -0.347. The lowest BCUT2D eigenvalue weighted by Gasteiger charge is -2.09. The predicted octanol–water partition coefficient (Wildman–Crippen LogP) is 6.50. The number of benzene rings is 4. The minimum Gasteiger partial charge on any atom is -0.338 e. The molecule has 0 fully saturated rings. The van der Waals surface area contributed by atoms with Crippen LogP contribution in [0.2, 0.25) is 0 Å². The summed E-state index contributed by atoms with van der Waals surface area (Å²) in [6.45, 7) is 0.297. The van der Waals surface area contributed by atoms with Gasteiger partial charge in [-0.3, -0.25) is 0 Å². The number of nitrogens with zero attached hydrogens (tertiary/aromatic N) is 1. The van der Waals surface area contributed by atoms with E-state index in [1.807, 2.05) is 48.5 Å². The van der Waals surface area contributed by atoms with E-state index in [2.05, 4.69) is 20.6 Å². The number of amides is 2. The lowest BCUT2D eigenvalue weighted by atomic mass is 10.0. The lowest BCUT2D eigenvalue weighted by Crippen LogP contribution is -2.28. The van der Waals surface area contributed by atoms with Gasteiger partial charge in [-0.15, -0.1) is 0 Å². The molecule has 3 N–H and O–H groups in total. The van der Waals surface area contributed by atoms with Gasteiger partial charge < -0.3 is 15.6 Å². The van der Waals surface area contributed by atoms with E-state index in [0.29, 0.717) is 29.1 Å². The highest BCUT2D eigenvalue weighted by Crippen LogP contribution is 2.27. The Kier molecular flexibility index (Phi) is 5.74. The first-order valence-electron chi connectivity index (χ1n) is 10.7. The van der Waals surface area contributed by atoms with Crippen molar-refractivity contribution >= 4 is 22.8 Å². The van der Waals surface area contributed by atoms with Crippen LogP contribution >= 0.6 is 0 Å². The lowest BCUT2D eigenvalue weighted by molar-refractivity contribution is 0.251. The molecule has 0 unspecified atom stereocenters. The second-order valence-corrected chi connectivity index (χ2v) is 7.84. The Hall–Kier alpha value is -4.52. The number of urea groups is 1. The Morgan fingerprint density at radius 1 is 0.794 bits per heavy atom. The number of hydrogen-bond acceptors (Lipinski definition) is 2. The molecular weight excluding hydrogens is 434 g/mol. The van der Waals surface area contributed by atoms with Gasteiger partial charge in [0.05, 0.1) is 11.0 Å². The number of halogens is 2. The van der Waals surface area contributed by atoms with Gasteiger partial charge in [0.15, 0.2) is 0 Å². The topological polar surface area (TPSA) is 69.8 Å². The van der Waals surface area contributed by atoms with Crippen molar-refractivity contribution in [1.29, 1.82) is 0 Å². The van der Waals surface area contributed by atoms with Crippen LogP contribution in [-0.4, -0.2) is 16.0 Å². The monoisotopic (exact) mass is 454 g/mol. The normalized spacial score (nSPS) is 10.9. The van der Waals surface area contributed by atoms with Gasteiger partial charge in [0, 0.05) is 17.8 Å². The average Bonchev–Trinajstić information content (AvgIpc) is 3.28. The summed E-state index contributed by atoms with van der Waals surface area (Å²) in [7, 11) is 0. The fourth-order valence-electron chi connectivity index (χ4n) is 3.67. The zero-order chi connectivity index (χ0) is 23.5. The molecule has 0 saturated heterocycles. The largest absolute Gasteiger partial charge is 0.338 e. The molecule has 0 saturated carbocycles. The summed E-state index contributed by atoms with van der Waals surface area (Å²) in [4.78, 5) is 19.9. The van der Waals surface area contributed by atoms with Gasteiger partial charge in [-0.25, -0.2) is 18.6 Å².